The number of H-pyrrole nitrogens is 1. The van der Waals surface area contributed by atoms with Crippen LogP contribution in [0.5, 0.6) is 0 Å². The van der Waals surface area contributed by atoms with Crippen LogP contribution in [-0.4, -0.2) is 24.7 Å². The second-order valence-corrected chi connectivity index (χ2v) is 12.6. The van der Waals surface area contributed by atoms with Gasteiger partial charge in [0.1, 0.15) is 10.7 Å². The van der Waals surface area contributed by atoms with E-state index in [2.05, 4.69) is 22.1 Å². The lowest BCUT2D eigenvalue weighted by Gasteiger charge is -2.17. The fourth-order valence-corrected chi connectivity index (χ4v) is 7.29. The quantitative estimate of drug-likeness (QED) is 0.222. The van der Waals surface area contributed by atoms with E-state index in [9.17, 15) is 4.79 Å². The molecule has 10 heteroatoms. The molecule has 5 aromatic rings. The molecule has 0 radical (unpaired) electrons. The summed E-state index contributed by atoms with van der Waals surface area (Å²) in [6.07, 6.45) is 3.08. The van der Waals surface area contributed by atoms with E-state index in [-0.39, 0.29) is 10.8 Å². The molecular formula is C27H23Cl2N5OS2. The number of thioether (sulfide) groups is 1. The number of nitrogens with one attached hydrogen (secondary N) is 1. The van der Waals surface area contributed by atoms with Gasteiger partial charge in [-0.25, -0.2) is 4.98 Å². The summed E-state index contributed by atoms with van der Waals surface area (Å²) in [4.78, 5) is 23.2. The average Bonchev–Trinajstić information content (AvgIpc) is 3.46. The minimum Gasteiger partial charge on any atom is -0.309 e. The lowest BCUT2D eigenvalue weighted by Crippen LogP contribution is -2.15. The van der Waals surface area contributed by atoms with Gasteiger partial charge in [-0.3, -0.25) is 9.36 Å². The first kappa shape index (κ1) is 24.7. The number of hydrogen-bond donors (Lipinski definition) is 1. The summed E-state index contributed by atoms with van der Waals surface area (Å²) in [7, 11) is 0. The van der Waals surface area contributed by atoms with E-state index in [1.807, 2.05) is 60.0 Å². The van der Waals surface area contributed by atoms with E-state index in [0.717, 1.165) is 40.7 Å². The van der Waals surface area contributed by atoms with E-state index in [0.29, 0.717) is 32.8 Å². The molecule has 6 rings (SSSR count). The van der Waals surface area contributed by atoms with Gasteiger partial charge in [0.25, 0.3) is 5.56 Å². The minimum atomic E-state index is -0.163. The molecule has 0 saturated carbocycles. The fraction of sp³-hybridized carbons (Fsp3) is 0.259. The molecule has 1 aliphatic carbocycles. The first-order valence-electron chi connectivity index (χ1n) is 12.1. The van der Waals surface area contributed by atoms with Crippen molar-refractivity contribution in [2.45, 2.75) is 43.5 Å². The average molecular weight is 569 g/mol. The molecule has 188 valence electrons. The van der Waals surface area contributed by atoms with Crippen molar-refractivity contribution in [1.29, 1.82) is 0 Å². The SMILES string of the molecule is CC1CCc2c(sc3nc(C(C)Sc4nnc(-c5ccc(Cl)cc5)n4-c4ccc(Cl)cc4)[nH]c(=O)c23)C1. The second-order valence-electron chi connectivity index (χ2n) is 9.37. The molecule has 37 heavy (non-hydrogen) atoms. The van der Waals surface area contributed by atoms with Crippen molar-refractivity contribution in [3.05, 3.63) is 85.2 Å². The lowest BCUT2D eigenvalue weighted by molar-refractivity contribution is 0.509. The molecule has 6 nitrogen and oxygen atoms in total. The molecule has 0 fully saturated rings. The number of halogens is 2. The van der Waals surface area contributed by atoms with Crippen molar-refractivity contribution in [1.82, 2.24) is 24.7 Å². The zero-order valence-corrected chi connectivity index (χ0v) is 23.3. The number of aromatic amines is 1. The summed E-state index contributed by atoms with van der Waals surface area (Å²) >= 11 is 15.4. The van der Waals surface area contributed by atoms with Crippen LogP contribution in [0, 0.1) is 5.92 Å². The maximum absolute atomic E-state index is 13.2. The van der Waals surface area contributed by atoms with E-state index in [4.69, 9.17) is 28.2 Å². The third kappa shape index (κ3) is 4.72. The maximum Gasteiger partial charge on any atom is 0.259 e. The van der Waals surface area contributed by atoms with Crippen LogP contribution in [0.3, 0.4) is 0 Å². The zero-order valence-electron chi connectivity index (χ0n) is 20.2. The molecule has 0 spiro atoms. The Balaban J connectivity index is 1.39. The Hall–Kier alpha value is -2.65. The van der Waals surface area contributed by atoms with Gasteiger partial charge >= 0.3 is 0 Å². The molecule has 1 N–H and O–H groups in total. The van der Waals surface area contributed by atoms with Gasteiger partial charge in [-0.1, -0.05) is 41.9 Å². The van der Waals surface area contributed by atoms with Crippen LogP contribution in [0.15, 0.2) is 58.5 Å². The van der Waals surface area contributed by atoms with Crippen molar-refractivity contribution in [3.63, 3.8) is 0 Å². The van der Waals surface area contributed by atoms with Crippen LogP contribution >= 0.6 is 46.3 Å². The highest BCUT2D eigenvalue weighted by Crippen LogP contribution is 2.39. The first-order chi connectivity index (χ1) is 17.9. The third-order valence-electron chi connectivity index (χ3n) is 6.67. The molecule has 3 aromatic heterocycles. The summed E-state index contributed by atoms with van der Waals surface area (Å²) in [6, 6.07) is 15.1. The molecule has 0 aliphatic heterocycles. The predicted octanol–water partition coefficient (Wildman–Crippen LogP) is 7.52. The Bertz CT molecular complexity index is 1660. The van der Waals surface area contributed by atoms with E-state index in [1.54, 1.807) is 11.3 Å². The number of aryl methyl sites for hydroxylation is 1. The third-order valence-corrected chi connectivity index (χ3v) is 9.38. The minimum absolute atomic E-state index is 0.0551. The van der Waals surface area contributed by atoms with Gasteiger partial charge in [0.2, 0.25) is 0 Å². The number of fused-ring (bicyclic) bond motifs is 3. The number of thiophene rings is 1. The van der Waals surface area contributed by atoms with Gasteiger partial charge < -0.3 is 4.98 Å². The standard InChI is InChI=1S/C27H23Cl2N5OS2/c1-14-3-12-20-21(13-14)37-26-22(20)25(35)30-23(31-26)15(2)36-27-33-32-24(16-4-6-17(28)7-5-16)34(27)19-10-8-18(29)9-11-19/h4-11,14-15H,3,12-13H2,1-2H3,(H,30,31,35). The molecule has 0 saturated heterocycles. The highest BCUT2D eigenvalue weighted by atomic mass is 35.5. The summed E-state index contributed by atoms with van der Waals surface area (Å²) < 4.78 is 1.99. The van der Waals surface area contributed by atoms with Crippen LogP contribution in [0.2, 0.25) is 10.0 Å². The summed E-state index contributed by atoms with van der Waals surface area (Å²) in [5.41, 5.74) is 2.90. The van der Waals surface area contributed by atoms with Crippen LogP contribution in [0.1, 0.15) is 41.8 Å². The van der Waals surface area contributed by atoms with E-state index >= 15 is 0 Å². The van der Waals surface area contributed by atoms with Crippen LogP contribution in [0.25, 0.3) is 27.3 Å². The van der Waals surface area contributed by atoms with Crippen molar-refractivity contribution in [2.24, 2.45) is 5.92 Å². The number of rotatable bonds is 5. The monoisotopic (exact) mass is 567 g/mol. The van der Waals surface area contributed by atoms with Gasteiger partial charge in [-0.15, -0.1) is 21.5 Å². The Morgan fingerprint density at radius 1 is 1.08 bits per heavy atom. The first-order valence-corrected chi connectivity index (χ1v) is 14.5. The van der Waals surface area contributed by atoms with E-state index in [1.165, 1.54) is 22.2 Å². The van der Waals surface area contributed by atoms with Crippen molar-refractivity contribution < 1.29 is 0 Å². The topological polar surface area (TPSA) is 76.5 Å². The second kappa shape index (κ2) is 9.91. The van der Waals surface area contributed by atoms with Gasteiger partial charge in [-0.2, -0.15) is 0 Å². The maximum atomic E-state index is 13.2. The van der Waals surface area contributed by atoms with E-state index < -0.39 is 0 Å². The molecule has 1 aliphatic rings. The fourth-order valence-electron chi connectivity index (χ4n) is 4.73. The molecule has 2 aromatic carbocycles. The van der Waals surface area contributed by atoms with Crippen LogP contribution < -0.4 is 5.56 Å². The molecule has 0 bridgehead atoms. The molecule has 2 atom stereocenters. The zero-order chi connectivity index (χ0) is 25.7. The van der Waals surface area contributed by atoms with Crippen molar-refractivity contribution in [3.8, 4) is 17.1 Å². The van der Waals surface area contributed by atoms with Gasteiger partial charge in [0.05, 0.1) is 10.6 Å². The molecular weight excluding hydrogens is 545 g/mol. The predicted molar refractivity (Wildman–Crippen MR) is 153 cm³/mol. The van der Waals surface area contributed by atoms with Gasteiger partial charge in [0.15, 0.2) is 11.0 Å². The Labute approximate surface area is 232 Å². The van der Waals surface area contributed by atoms with Crippen LogP contribution in [-0.2, 0) is 12.8 Å². The Morgan fingerprint density at radius 3 is 2.51 bits per heavy atom. The summed E-state index contributed by atoms with van der Waals surface area (Å²) in [5, 5.41) is 11.6. The normalized spacial score (nSPS) is 16.2. The number of benzene rings is 2. The number of hydrogen-bond acceptors (Lipinski definition) is 6. The summed E-state index contributed by atoms with van der Waals surface area (Å²) in [6.45, 7) is 4.29. The smallest absolute Gasteiger partial charge is 0.259 e. The van der Waals surface area contributed by atoms with Crippen molar-refractivity contribution in [2.75, 3.05) is 0 Å². The molecule has 0 amide bonds. The molecule has 2 unspecified atom stereocenters. The Morgan fingerprint density at radius 2 is 1.78 bits per heavy atom. The highest BCUT2D eigenvalue weighted by Gasteiger charge is 2.25. The molecule has 3 heterocycles. The Kier molecular flexibility index (Phi) is 6.61. The van der Waals surface area contributed by atoms with Gasteiger partial charge in [0, 0.05) is 26.2 Å². The number of nitrogens with zero attached hydrogens (tertiary/aromatic N) is 4. The number of aromatic nitrogens is 5. The largest absolute Gasteiger partial charge is 0.309 e. The lowest BCUT2D eigenvalue weighted by atomic mass is 9.89. The summed E-state index contributed by atoms with van der Waals surface area (Å²) in [5.74, 6) is 1.96. The van der Waals surface area contributed by atoms with Crippen molar-refractivity contribution >= 4 is 56.5 Å². The van der Waals surface area contributed by atoms with Crippen LogP contribution in [0.4, 0.5) is 0 Å². The van der Waals surface area contributed by atoms with Gasteiger partial charge in [-0.05, 0) is 86.2 Å². The highest BCUT2D eigenvalue weighted by molar-refractivity contribution is 7.99.